The van der Waals surface area contributed by atoms with Gasteiger partial charge < -0.3 is 29.4 Å². The van der Waals surface area contributed by atoms with Crippen molar-refractivity contribution in [2.24, 2.45) is 0 Å². The summed E-state index contributed by atoms with van der Waals surface area (Å²) in [6.07, 6.45) is 0. The molecular formula is C26H29N3O5. The molecule has 1 saturated heterocycles. The van der Waals surface area contributed by atoms with Crippen LogP contribution >= 0.6 is 0 Å². The zero-order valence-electron chi connectivity index (χ0n) is 19.6. The predicted molar refractivity (Wildman–Crippen MR) is 127 cm³/mol. The highest BCUT2D eigenvalue weighted by Crippen LogP contribution is 2.50. The van der Waals surface area contributed by atoms with Crippen LogP contribution in [0, 0.1) is 0 Å². The van der Waals surface area contributed by atoms with Gasteiger partial charge in [0.25, 0.3) is 5.91 Å². The van der Waals surface area contributed by atoms with Crippen LogP contribution in [0.2, 0.25) is 0 Å². The molecule has 3 heterocycles. The summed E-state index contributed by atoms with van der Waals surface area (Å²) < 4.78 is 11.6. The number of piperazine rings is 1. The van der Waals surface area contributed by atoms with E-state index in [2.05, 4.69) is 4.98 Å². The van der Waals surface area contributed by atoms with E-state index < -0.39 is 5.54 Å². The lowest BCUT2D eigenvalue weighted by Crippen LogP contribution is -2.67. The number of β-amino-alcohol motifs (C(OH)–C–C–N with tert-alkyl or cyclic N) is 1. The Labute approximate surface area is 198 Å². The molecule has 2 aliphatic rings. The smallest absolute Gasteiger partial charge is 0.255 e. The standard InChI is InChI=1S/C26H29N3O5/c1-4-34-23-16(9-7-11-20(23)33-3)18-14-29-21(31)15-28(12-13-30)25(32)26(29,2)24-22(18)17-8-5-6-10-19(17)27-24/h5-11,18,27,30H,4,12-15H2,1-3H3. The second-order valence-corrected chi connectivity index (χ2v) is 8.85. The van der Waals surface area contributed by atoms with E-state index >= 15 is 0 Å². The van der Waals surface area contributed by atoms with Crippen LogP contribution in [-0.2, 0) is 15.1 Å². The highest BCUT2D eigenvalue weighted by atomic mass is 16.5. The van der Waals surface area contributed by atoms with Gasteiger partial charge in [0.05, 0.1) is 32.6 Å². The minimum absolute atomic E-state index is 0.0479. The van der Waals surface area contributed by atoms with Crippen molar-refractivity contribution in [1.29, 1.82) is 0 Å². The third-order valence-electron chi connectivity index (χ3n) is 7.08. The van der Waals surface area contributed by atoms with Gasteiger partial charge in [0, 0.05) is 35.5 Å². The van der Waals surface area contributed by atoms with E-state index in [-0.39, 0.29) is 37.4 Å². The quantitative estimate of drug-likeness (QED) is 0.586. The number of carbonyl (C=O) groups excluding carboxylic acids is 2. The van der Waals surface area contributed by atoms with Crippen LogP contribution in [0.5, 0.6) is 11.5 Å². The Balaban J connectivity index is 1.78. The van der Waals surface area contributed by atoms with Gasteiger partial charge in [0.2, 0.25) is 5.91 Å². The molecule has 2 unspecified atom stereocenters. The molecule has 8 nitrogen and oxygen atoms in total. The Morgan fingerprint density at radius 3 is 2.71 bits per heavy atom. The number of aliphatic hydroxyl groups is 1. The molecule has 0 spiro atoms. The molecule has 1 fully saturated rings. The first-order valence-corrected chi connectivity index (χ1v) is 11.6. The maximum absolute atomic E-state index is 13.7. The molecule has 0 aliphatic carbocycles. The normalized spacial score (nSPS) is 22.1. The highest BCUT2D eigenvalue weighted by Gasteiger charge is 2.56. The maximum Gasteiger partial charge on any atom is 0.255 e. The Morgan fingerprint density at radius 1 is 1.18 bits per heavy atom. The number of rotatable bonds is 6. The van der Waals surface area contributed by atoms with E-state index in [1.165, 1.54) is 4.90 Å². The van der Waals surface area contributed by atoms with E-state index in [4.69, 9.17) is 9.47 Å². The van der Waals surface area contributed by atoms with Crippen molar-refractivity contribution >= 4 is 22.7 Å². The van der Waals surface area contributed by atoms with Gasteiger partial charge in [-0.05, 0) is 31.5 Å². The third kappa shape index (κ3) is 3.09. The van der Waals surface area contributed by atoms with Crippen molar-refractivity contribution in [3.63, 3.8) is 0 Å². The molecule has 0 bridgehead atoms. The van der Waals surface area contributed by atoms with Crippen molar-refractivity contribution in [3.8, 4) is 11.5 Å². The largest absolute Gasteiger partial charge is 0.493 e. The summed E-state index contributed by atoms with van der Waals surface area (Å²) in [6, 6.07) is 13.7. The van der Waals surface area contributed by atoms with Crippen molar-refractivity contribution in [2.45, 2.75) is 25.3 Å². The van der Waals surface area contributed by atoms with Crippen LogP contribution in [0.15, 0.2) is 42.5 Å². The molecule has 178 valence electrons. The Morgan fingerprint density at radius 2 is 1.97 bits per heavy atom. The summed E-state index contributed by atoms with van der Waals surface area (Å²) >= 11 is 0. The lowest BCUT2D eigenvalue weighted by Gasteiger charge is -2.51. The van der Waals surface area contributed by atoms with Crippen LogP contribution in [0.1, 0.15) is 36.6 Å². The number of methoxy groups -OCH3 is 1. The van der Waals surface area contributed by atoms with Gasteiger partial charge in [0.15, 0.2) is 17.0 Å². The molecule has 8 heteroatoms. The number of fused-ring (bicyclic) bond motifs is 5. The van der Waals surface area contributed by atoms with E-state index in [9.17, 15) is 14.7 Å². The molecule has 5 rings (SSSR count). The monoisotopic (exact) mass is 463 g/mol. The molecule has 0 saturated carbocycles. The van der Waals surface area contributed by atoms with Gasteiger partial charge in [-0.25, -0.2) is 0 Å². The fourth-order valence-electron chi connectivity index (χ4n) is 5.52. The van der Waals surface area contributed by atoms with Crippen molar-refractivity contribution in [2.75, 3.05) is 40.0 Å². The third-order valence-corrected chi connectivity index (χ3v) is 7.08. The van der Waals surface area contributed by atoms with Gasteiger partial charge in [-0.3, -0.25) is 9.59 Å². The first-order chi connectivity index (χ1) is 16.4. The van der Waals surface area contributed by atoms with Gasteiger partial charge in [0.1, 0.15) is 0 Å². The molecule has 3 aromatic rings. The number of hydrogen-bond donors (Lipinski definition) is 2. The van der Waals surface area contributed by atoms with E-state index in [0.717, 1.165) is 22.0 Å². The second kappa shape index (κ2) is 8.36. The number of nitrogens with one attached hydrogen (secondary N) is 1. The number of benzene rings is 2. The van der Waals surface area contributed by atoms with Crippen molar-refractivity contribution < 1.29 is 24.2 Å². The summed E-state index contributed by atoms with van der Waals surface area (Å²) in [7, 11) is 1.61. The average molecular weight is 464 g/mol. The Bertz CT molecular complexity index is 1270. The van der Waals surface area contributed by atoms with Crippen LogP contribution in [0.25, 0.3) is 10.9 Å². The zero-order chi connectivity index (χ0) is 24.0. The number of ether oxygens (including phenoxy) is 2. The molecule has 2 atom stereocenters. The SMILES string of the molecule is CCOc1c(OC)cccc1C1CN2C(=O)CN(CCO)C(=O)C2(C)c2[nH]c3ccccc3c21. The van der Waals surface area contributed by atoms with E-state index in [0.29, 0.717) is 30.3 Å². The summed E-state index contributed by atoms with van der Waals surface area (Å²) in [5.74, 6) is 0.713. The molecular weight excluding hydrogens is 434 g/mol. The summed E-state index contributed by atoms with van der Waals surface area (Å²) in [5.41, 5.74) is 2.31. The first kappa shape index (κ1) is 22.3. The van der Waals surface area contributed by atoms with Crippen LogP contribution in [-0.4, -0.2) is 71.7 Å². The average Bonchev–Trinajstić information content (AvgIpc) is 3.24. The Kier molecular flexibility index (Phi) is 5.48. The summed E-state index contributed by atoms with van der Waals surface area (Å²) in [4.78, 5) is 33.7. The molecule has 0 radical (unpaired) electrons. The molecule has 2 aliphatic heterocycles. The van der Waals surface area contributed by atoms with Crippen molar-refractivity contribution in [1.82, 2.24) is 14.8 Å². The fraction of sp³-hybridized carbons (Fsp3) is 0.385. The number of nitrogens with zero attached hydrogens (tertiary/aromatic N) is 2. The number of aromatic nitrogens is 1. The van der Waals surface area contributed by atoms with Gasteiger partial charge in [-0.2, -0.15) is 0 Å². The van der Waals surface area contributed by atoms with E-state index in [1.54, 1.807) is 18.9 Å². The maximum atomic E-state index is 13.7. The van der Waals surface area contributed by atoms with Crippen LogP contribution < -0.4 is 9.47 Å². The number of hydrogen-bond acceptors (Lipinski definition) is 5. The van der Waals surface area contributed by atoms with Gasteiger partial charge in [-0.15, -0.1) is 0 Å². The molecule has 2 amide bonds. The number of carbonyl (C=O) groups is 2. The summed E-state index contributed by atoms with van der Waals surface area (Å²) in [6.45, 7) is 4.40. The minimum Gasteiger partial charge on any atom is -0.493 e. The lowest BCUT2D eigenvalue weighted by molar-refractivity contribution is -0.166. The zero-order valence-corrected chi connectivity index (χ0v) is 19.6. The number of para-hydroxylation sites is 2. The second-order valence-electron chi connectivity index (χ2n) is 8.85. The summed E-state index contributed by atoms with van der Waals surface area (Å²) in [5, 5.41) is 10.5. The van der Waals surface area contributed by atoms with Crippen LogP contribution in [0.4, 0.5) is 0 Å². The Hall–Kier alpha value is -3.52. The van der Waals surface area contributed by atoms with Crippen molar-refractivity contribution in [3.05, 3.63) is 59.3 Å². The highest BCUT2D eigenvalue weighted by molar-refractivity contribution is 6.01. The van der Waals surface area contributed by atoms with Gasteiger partial charge in [-0.1, -0.05) is 30.3 Å². The molecule has 2 aromatic carbocycles. The number of aliphatic hydroxyl groups excluding tert-OH is 1. The first-order valence-electron chi connectivity index (χ1n) is 11.6. The predicted octanol–water partition coefficient (Wildman–Crippen LogP) is 2.60. The minimum atomic E-state index is -1.19. The fourth-order valence-corrected chi connectivity index (χ4v) is 5.52. The molecule has 34 heavy (non-hydrogen) atoms. The molecule has 1 aromatic heterocycles. The number of amides is 2. The van der Waals surface area contributed by atoms with Gasteiger partial charge >= 0.3 is 0 Å². The number of aromatic amines is 1. The molecule has 2 N–H and O–H groups in total. The number of H-pyrrole nitrogens is 1. The topological polar surface area (TPSA) is 95.1 Å². The van der Waals surface area contributed by atoms with E-state index in [1.807, 2.05) is 49.4 Å². The lowest BCUT2D eigenvalue weighted by atomic mass is 9.76. The van der Waals surface area contributed by atoms with Crippen LogP contribution in [0.3, 0.4) is 0 Å².